The van der Waals surface area contributed by atoms with Gasteiger partial charge >= 0.3 is 0 Å². The van der Waals surface area contributed by atoms with Crippen LogP contribution in [0.5, 0.6) is 17.2 Å². The minimum Gasteiger partial charge on any atom is -0.502 e. The standard InChI is InChI=1S/C25H26N4O3/c1-26-18-9-5-15(6-10-18)22-23(16-7-11-19(27-2)12-8-16)29-25(28-22)17-13-20(31-3)24(30)21(14-17)32-4/h5-14,26-27,30H,1-4H3,(H,28,29). The zero-order chi connectivity index (χ0) is 22.7. The Labute approximate surface area is 187 Å². The van der Waals surface area contributed by atoms with Gasteiger partial charge in [-0.3, -0.25) is 0 Å². The van der Waals surface area contributed by atoms with Gasteiger partial charge in [0.15, 0.2) is 11.5 Å². The van der Waals surface area contributed by atoms with Gasteiger partial charge in [-0.2, -0.15) is 0 Å². The fraction of sp³-hybridized carbons (Fsp3) is 0.160. The number of phenolic OH excluding ortho intramolecular Hbond substituents is 1. The van der Waals surface area contributed by atoms with Crippen LogP contribution in [0.15, 0.2) is 60.7 Å². The summed E-state index contributed by atoms with van der Waals surface area (Å²) in [4.78, 5) is 8.38. The largest absolute Gasteiger partial charge is 0.502 e. The van der Waals surface area contributed by atoms with Crippen LogP contribution in [0.1, 0.15) is 0 Å². The summed E-state index contributed by atoms with van der Waals surface area (Å²) >= 11 is 0. The molecule has 4 rings (SSSR count). The number of nitrogens with one attached hydrogen (secondary N) is 3. The van der Waals surface area contributed by atoms with Crippen molar-refractivity contribution in [1.29, 1.82) is 0 Å². The van der Waals surface area contributed by atoms with E-state index in [-0.39, 0.29) is 5.75 Å². The second-order valence-corrected chi connectivity index (χ2v) is 7.19. The molecule has 7 nitrogen and oxygen atoms in total. The van der Waals surface area contributed by atoms with Gasteiger partial charge in [0.1, 0.15) is 5.82 Å². The number of ether oxygens (including phenoxy) is 2. The van der Waals surface area contributed by atoms with Crippen molar-refractivity contribution in [2.75, 3.05) is 38.9 Å². The molecule has 1 aromatic heterocycles. The number of phenols is 1. The van der Waals surface area contributed by atoms with Crippen LogP contribution in [0.2, 0.25) is 0 Å². The second-order valence-electron chi connectivity index (χ2n) is 7.19. The highest BCUT2D eigenvalue weighted by Crippen LogP contribution is 2.41. The number of imidazole rings is 1. The molecule has 0 aliphatic heterocycles. The lowest BCUT2D eigenvalue weighted by molar-refractivity contribution is 0.340. The topological polar surface area (TPSA) is 91.4 Å². The Morgan fingerprint density at radius 3 is 1.72 bits per heavy atom. The maximum atomic E-state index is 10.3. The lowest BCUT2D eigenvalue weighted by Gasteiger charge is -2.10. The summed E-state index contributed by atoms with van der Waals surface area (Å²) in [6, 6.07) is 19.7. The minimum atomic E-state index is -0.0453. The van der Waals surface area contributed by atoms with Crippen molar-refractivity contribution < 1.29 is 14.6 Å². The van der Waals surface area contributed by atoms with Crippen LogP contribution in [-0.2, 0) is 0 Å². The summed E-state index contributed by atoms with van der Waals surface area (Å²) in [5.41, 5.74) is 6.50. The van der Waals surface area contributed by atoms with Crippen LogP contribution in [0.25, 0.3) is 33.9 Å². The lowest BCUT2D eigenvalue weighted by atomic mass is 10.0. The normalized spacial score (nSPS) is 10.6. The number of hydrogen-bond acceptors (Lipinski definition) is 6. The third-order valence-corrected chi connectivity index (χ3v) is 5.37. The summed E-state index contributed by atoms with van der Waals surface area (Å²) < 4.78 is 10.6. The molecule has 32 heavy (non-hydrogen) atoms. The lowest BCUT2D eigenvalue weighted by Crippen LogP contribution is -1.91. The Morgan fingerprint density at radius 2 is 1.25 bits per heavy atom. The molecule has 0 unspecified atom stereocenters. The maximum absolute atomic E-state index is 10.3. The maximum Gasteiger partial charge on any atom is 0.200 e. The Morgan fingerprint density at radius 1 is 0.750 bits per heavy atom. The van der Waals surface area contributed by atoms with Crippen molar-refractivity contribution in [1.82, 2.24) is 9.97 Å². The number of methoxy groups -OCH3 is 2. The van der Waals surface area contributed by atoms with Gasteiger partial charge in [0.2, 0.25) is 5.75 Å². The SMILES string of the molecule is CNc1ccc(-c2nc(-c3cc(OC)c(O)c(OC)c3)[nH]c2-c2ccc(NC)cc2)cc1. The highest BCUT2D eigenvalue weighted by atomic mass is 16.5. The van der Waals surface area contributed by atoms with E-state index in [0.29, 0.717) is 17.3 Å². The molecule has 0 atom stereocenters. The van der Waals surface area contributed by atoms with Crippen LogP contribution < -0.4 is 20.1 Å². The number of nitrogens with zero attached hydrogens (tertiary/aromatic N) is 1. The van der Waals surface area contributed by atoms with Gasteiger partial charge in [0, 0.05) is 42.2 Å². The molecule has 0 bridgehead atoms. The zero-order valence-electron chi connectivity index (χ0n) is 18.5. The van der Waals surface area contributed by atoms with Crippen LogP contribution in [0.4, 0.5) is 11.4 Å². The van der Waals surface area contributed by atoms with Crippen LogP contribution in [0, 0.1) is 0 Å². The van der Waals surface area contributed by atoms with Gasteiger partial charge in [-0.25, -0.2) is 4.98 Å². The van der Waals surface area contributed by atoms with Gasteiger partial charge in [-0.1, -0.05) is 24.3 Å². The molecule has 0 saturated carbocycles. The van der Waals surface area contributed by atoms with E-state index < -0.39 is 0 Å². The fourth-order valence-corrected chi connectivity index (χ4v) is 3.56. The van der Waals surface area contributed by atoms with Crippen molar-refractivity contribution in [3.63, 3.8) is 0 Å². The average molecular weight is 431 g/mol. The number of aromatic hydroxyl groups is 1. The third-order valence-electron chi connectivity index (χ3n) is 5.37. The highest BCUT2D eigenvalue weighted by molar-refractivity contribution is 5.83. The van der Waals surface area contributed by atoms with E-state index in [1.165, 1.54) is 14.2 Å². The van der Waals surface area contributed by atoms with Gasteiger partial charge in [-0.05, 0) is 36.4 Å². The van der Waals surface area contributed by atoms with Crippen molar-refractivity contribution in [3.05, 3.63) is 60.7 Å². The van der Waals surface area contributed by atoms with Crippen molar-refractivity contribution in [2.24, 2.45) is 0 Å². The fourth-order valence-electron chi connectivity index (χ4n) is 3.56. The van der Waals surface area contributed by atoms with E-state index in [9.17, 15) is 5.11 Å². The van der Waals surface area contributed by atoms with E-state index in [2.05, 4.69) is 15.6 Å². The summed E-state index contributed by atoms with van der Waals surface area (Å²) in [5.74, 6) is 1.23. The van der Waals surface area contributed by atoms with E-state index >= 15 is 0 Å². The zero-order valence-corrected chi connectivity index (χ0v) is 18.5. The van der Waals surface area contributed by atoms with E-state index in [1.54, 1.807) is 12.1 Å². The van der Waals surface area contributed by atoms with Crippen LogP contribution in [-0.4, -0.2) is 43.4 Å². The average Bonchev–Trinajstić information content (AvgIpc) is 3.29. The van der Waals surface area contributed by atoms with E-state index in [4.69, 9.17) is 14.5 Å². The molecule has 0 radical (unpaired) electrons. The van der Waals surface area contributed by atoms with Crippen molar-refractivity contribution in [3.8, 4) is 51.2 Å². The number of H-pyrrole nitrogens is 1. The molecule has 3 aromatic carbocycles. The molecule has 0 saturated heterocycles. The summed E-state index contributed by atoms with van der Waals surface area (Å²) in [6.45, 7) is 0. The first-order valence-corrected chi connectivity index (χ1v) is 10.2. The molecule has 164 valence electrons. The molecule has 0 aliphatic carbocycles. The van der Waals surface area contributed by atoms with Crippen LogP contribution in [0.3, 0.4) is 0 Å². The number of rotatable bonds is 7. The molecule has 0 spiro atoms. The quantitative estimate of drug-likeness (QED) is 0.321. The van der Waals surface area contributed by atoms with Crippen molar-refractivity contribution >= 4 is 11.4 Å². The first-order chi connectivity index (χ1) is 15.6. The highest BCUT2D eigenvalue weighted by Gasteiger charge is 2.19. The van der Waals surface area contributed by atoms with Gasteiger partial charge in [-0.15, -0.1) is 0 Å². The van der Waals surface area contributed by atoms with Gasteiger partial charge in [0.05, 0.1) is 25.6 Å². The first-order valence-electron chi connectivity index (χ1n) is 10.2. The molecule has 4 aromatic rings. The molecule has 7 heteroatoms. The second kappa shape index (κ2) is 8.93. The molecule has 0 amide bonds. The number of hydrogen-bond donors (Lipinski definition) is 4. The number of aromatic amines is 1. The number of aromatic nitrogens is 2. The van der Waals surface area contributed by atoms with Gasteiger partial charge < -0.3 is 30.2 Å². The van der Waals surface area contributed by atoms with Crippen LogP contribution >= 0.6 is 0 Å². The third kappa shape index (κ3) is 3.92. The smallest absolute Gasteiger partial charge is 0.200 e. The molecule has 0 aliphatic rings. The monoisotopic (exact) mass is 430 g/mol. The van der Waals surface area contributed by atoms with E-state index in [0.717, 1.165) is 39.5 Å². The molecular weight excluding hydrogens is 404 g/mol. The predicted octanol–water partition coefficient (Wildman–Crippen LogP) is 5.22. The molecule has 4 N–H and O–H groups in total. The summed E-state index contributed by atoms with van der Waals surface area (Å²) in [7, 11) is 6.79. The Bertz CT molecular complexity index is 1130. The molecular formula is C25H26N4O3. The Balaban J connectivity index is 1.89. The number of benzene rings is 3. The van der Waals surface area contributed by atoms with Crippen molar-refractivity contribution in [2.45, 2.75) is 0 Å². The predicted molar refractivity (Wildman–Crippen MR) is 129 cm³/mol. The number of anilines is 2. The summed E-state index contributed by atoms with van der Waals surface area (Å²) in [6.07, 6.45) is 0. The molecule has 0 fully saturated rings. The first kappa shape index (κ1) is 21.1. The summed E-state index contributed by atoms with van der Waals surface area (Å²) in [5, 5.41) is 16.6. The Hall–Kier alpha value is -4.13. The van der Waals surface area contributed by atoms with Gasteiger partial charge in [0.25, 0.3) is 0 Å². The van der Waals surface area contributed by atoms with E-state index in [1.807, 2.05) is 62.6 Å². The molecule has 1 heterocycles. The minimum absolute atomic E-state index is 0.0453. The Kier molecular flexibility index (Phi) is 5.89.